The van der Waals surface area contributed by atoms with Crippen LogP contribution in [-0.4, -0.2) is 36.7 Å². The Hall–Kier alpha value is -3.39. The first kappa shape index (κ1) is 27.9. The molecule has 0 saturated heterocycles. The van der Waals surface area contributed by atoms with Crippen molar-refractivity contribution in [1.29, 1.82) is 0 Å². The SMILES string of the molecule is CCOC(=O)c1cc(N(Cc2cccc(Cl)c2)C(=O)C(F)(F)F)c(N(N)C(=O)C(F)(F)F)cc1F. The summed E-state index contributed by atoms with van der Waals surface area (Å²) in [6.45, 7) is 0.0693. The van der Waals surface area contributed by atoms with E-state index in [1.807, 2.05) is 0 Å². The lowest BCUT2D eigenvalue weighted by atomic mass is 10.1. The molecule has 0 aliphatic rings. The first-order valence-electron chi connectivity index (χ1n) is 9.37. The van der Waals surface area contributed by atoms with Gasteiger partial charge in [-0.05, 0) is 30.7 Å². The molecule has 35 heavy (non-hydrogen) atoms. The molecule has 0 bridgehead atoms. The standard InChI is InChI=1S/C20H15ClF7N3O4/c1-2-35-16(32)12-7-14(15(8-13(12)22)31(29)18(34)20(26,27)28)30(17(33)19(23,24)25)9-10-4-3-5-11(21)6-10/h3-8H,2,9,29H2,1H3. The van der Waals surface area contributed by atoms with Crippen LogP contribution in [0.1, 0.15) is 22.8 Å². The van der Waals surface area contributed by atoms with Gasteiger partial charge >= 0.3 is 30.1 Å². The Labute approximate surface area is 197 Å². The minimum absolute atomic E-state index is 0.0335. The monoisotopic (exact) mass is 529 g/mol. The number of nitrogens with zero attached hydrogens (tertiary/aromatic N) is 2. The van der Waals surface area contributed by atoms with Gasteiger partial charge in [0.25, 0.3) is 0 Å². The number of amides is 2. The number of ether oxygens (including phenoxy) is 1. The van der Waals surface area contributed by atoms with Gasteiger partial charge in [0.05, 0.1) is 30.1 Å². The Balaban J connectivity index is 2.83. The number of rotatable bonds is 6. The van der Waals surface area contributed by atoms with Crippen molar-refractivity contribution in [2.45, 2.75) is 25.8 Å². The van der Waals surface area contributed by atoms with Gasteiger partial charge in [-0.3, -0.25) is 14.5 Å². The van der Waals surface area contributed by atoms with Crippen LogP contribution in [0, 0.1) is 5.82 Å². The van der Waals surface area contributed by atoms with E-state index in [2.05, 4.69) is 4.74 Å². The van der Waals surface area contributed by atoms with Crippen molar-refractivity contribution in [3.8, 4) is 0 Å². The Morgan fingerprint density at radius 2 is 1.57 bits per heavy atom. The third kappa shape index (κ3) is 6.60. The molecule has 0 spiro atoms. The van der Waals surface area contributed by atoms with Gasteiger partial charge < -0.3 is 4.74 Å². The number of carbonyl (C=O) groups is 3. The molecule has 2 aromatic rings. The van der Waals surface area contributed by atoms with Crippen LogP contribution in [0.15, 0.2) is 36.4 Å². The highest BCUT2D eigenvalue weighted by Crippen LogP contribution is 2.37. The second-order valence-corrected chi connectivity index (χ2v) is 7.17. The van der Waals surface area contributed by atoms with Crippen LogP contribution < -0.4 is 15.8 Å². The number of benzene rings is 2. The first-order valence-corrected chi connectivity index (χ1v) is 9.75. The second kappa shape index (κ2) is 10.5. The van der Waals surface area contributed by atoms with E-state index in [1.165, 1.54) is 25.1 Å². The molecule has 2 rings (SSSR count). The van der Waals surface area contributed by atoms with Gasteiger partial charge in [-0.25, -0.2) is 20.0 Å². The van der Waals surface area contributed by atoms with E-state index in [-0.39, 0.29) is 28.2 Å². The Kier molecular flexibility index (Phi) is 8.34. The van der Waals surface area contributed by atoms with Gasteiger partial charge in [0.1, 0.15) is 5.82 Å². The first-order chi connectivity index (χ1) is 16.1. The normalized spacial score (nSPS) is 11.7. The van der Waals surface area contributed by atoms with E-state index < -0.39 is 64.4 Å². The maximum atomic E-state index is 14.6. The molecule has 0 aromatic heterocycles. The van der Waals surface area contributed by atoms with Crippen molar-refractivity contribution in [3.05, 3.63) is 58.4 Å². The maximum absolute atomic E-state index is 14.6. The lowest BCUT2D eigenvalue weighted by Gasteiger charge is -2.29. The third-order valence-corrected chi connectivity index (χ3v) is 4.52. The summed E-state index contributed by atoms with van der Waals surface area (Å²) in [5, 5.41) is -0.636. The second-order valence-electron chi connectivity index (χ2n) is 6.73. The fourth-order valence-corrected chi connectivity index (χ4v) is 3.02. The summed E-state index contributed by atoms with van der Waals surface area (Å²) < 4.78 is 98.3. The van der Waals surface area contributed by atoms with Crippen LogP contribution in [0.25, 0.3) is 0 Å². The molecular weight excluding hydrogens is 515 g/mol. The van der Waals surface area contributed by atoms with Gasteiger partial charge in [-0.1, -0.05) is 23.7 Å². The van der Waals surface area contributed by atoms with Crippen molar-refractivity contribution >= 4 is 40.8 Å². The largest absolute Gasteiger partial charge is 0.473 e. The molecule has 15 heteroatoms. The fraction of sp³-hybridized carbons (Fsp3) is 0.250. The summed E-state index contributed by atoms with van der Waals surface area (Å²) in [6, 6.07) is 5.49. The van der Waals surface area contributed by atoms with Crippen LogP contribution in [0.5, 0.6) is 0 Å². The number of esters is 1. The fourth-order valence-electron chi connectivity index (χ4n) is 2.81. The zero-order valence-corrected chi connectivity index (χ0v) is 18.3. The van der Waals surface area contributed by atoms with Crippen molar-refractivity contribution in [2.24, 2.45) is 5.84 Å². The Bertz CT molecular complexity index is 1140. The zero-order chi connectivity index (χ0) is 26.7. The van der Waals surface area contributed by atoms with Crippen molar-refractivity contribution in [1.82, 2.24) is 0 Å². The molecule has 2 aromatic carbocycles. The molecule has 0 aliphatic carbocycles. The zero-order valence-electron chi connectivity index (χ0n) is 17.5. The number of halogens is 8. The molecule has 0 radical (unpaired) electrons. The van der Waals surface area contributed by atoms with E-state index in [4.69, 9.17) is 17.4 Å². The molecule has 0 aliphatic heterocycles. The average molecular weight is 530 g/mol. The van der Waals surface area contributed by atoms with E-state index in [0.29, 0.717) is 6.07 Å². The van der Waals surface area contributed by atoms with Crippen LogP contribution >= 0.6 is 11.6 Å². The maximum Gasteiger partial charge on any atom is 0.473 e. The smallest absolute Gasteiger partial charge is 0.462 e. The van der Waals surface area contributed by atoms with Crippen molar-refractivity contribution in [2.75, 3.05) is 16.5 Å². The van der Waals surface area contributed by atoms with Gasteiger partial charge in [-0.15, -0.1) is 0 Å². The van der Waals surface area contributed by atoms with Crippen LogP contribution in [0.4, 0.5) is 42.1 Å². The summed E-state index contributed by atoms with van der Waals surface area (Å²) >= 11 is 5.81. The minimum Gasteiger partial charge on any atom is -0.462 e. The Morgan fingerprint density at radius 3 is 2.09 bits per heavy atom. The quantitative estimate of drug-likeness (QED) is 0.195. The lowest BCUT2D eigenvalue weighted by molar-refractivity contribution is -0.170. The van der Waals surface area contributed by atoms with Crippen LogP contribution in [0.3, 0.4) is 0 Å². The predicted octanol–water partition coefficient (Wildman–Crippen LogP) is 4.52. The Morgan fingerprint density at radius 1 is 0.971 bits per heavy atom. The highest BCUT2D eigenvalue weighted by molar-refractivity contribution is 6.30. The number of alkyl halides is 6. The van der Waals surface area contributed by atoms with Gasteiger partial charge in [0, 0.05) is 11.1 Å². The number of hydrogen-bond donors (Lipinski definition) is 1. The molecule has 2 N–H and O–H groups in total. The summed E-state index contributed by atoms with van der Waals surface area (Å²) in [6.07, 6.45) is -11.2. The highest BCUT2D eigenvalue weighted by Gasteiger charge is 2.46. The summed E-state index contributed by atoms with van der Waals surface area (Å²) in [5.74, 6) is -3.19. The van der Waals surface area contributed by atoms with Crippen molar-refractivity contribution in [3.63, 3.8) is 0 Å². The number of carbonyl (C=O) groups excluding carboxylic acids is 3. The van der Waals surface area contributed by atoms with Gasteiger partial charge in [-0.2, -0.15) is 26.3 Å². The summed E-state index contributed by atoms with van der Waals surface area (Å²) in [5.41, 5.74) is -3.47. The molecule has 0 unspecified atom stereocenters. The van der Waals surface area contributed by atoms with E-state index in [9.17, 15) is 45.1 Å². The number of nitrogens with two attached hydrogens (primary N) is 1. The van der Waals surface area contributed by atoms with E-state index >= 15 is 0 Å². The number of hydrogen-bond acceptors (Lipinski definition) is 5. The molecule has 0 fully saturated rings. The average Bonchev–Trinajstić information content (AvgIpc) is 2.75. The molecule has 0 heterocycles. The highest BCUT2D eigenvalue weighted by atomic mass is 35.5. The van der Waals surface area contributed by atoms with Gasteiger partial charge in [0.15, 0.2) is 0 Å². The molecule has 190 valence electrons. The minimum atomic E-state index is -5.62. The van der Waals surface area contributed by atoms with E-state index in [0.717, 1.165) is 6.07 Å². The molecule has 0 saturated carbocycles. The predicted molar refractivity (Wildman–Crippen MR) is 109 cm³/mol. The molecular formula is C20H15ClF7N3O4. The van der Waals surface area contributed by atoms with Crippen LogP contribution in [0.2, 0.25) is 5.02 Å². The molecule has 0 atom stereocenters. The molecule has 7 nitrogen and oxygen atoms in total. The number of hydrazine groups is 1. The van der Waals surface area contributed by atoms with Gasteiger partial charge in [0.2, 0.25) is 0 Å². The topological polar surface area (TPSA) is 92.9 Å². The van der Waals surface area contributed by atoms with E-state index in [1.54, 1.807) is 0 Å². The van der Waals surface area contributed by atoms with Crippen LogP contribution in [-0.2, 0) is 20.9 Å². The summed E-state index contributed by atoms with van der Waals surface area (Å²) in [4.78, 5) is 35.9. The lowest BCUT2D eigenvalue weighted by Crippen LogP contribution is -2.48. The number of anilines is 2. The molecule has 2 amide bonds. The summed E-state index contributed by atoms with van der Waals surface area (Å²) in [7, 11) is 0. The van der Waals surface area contributed by atoms with Crippen molar-refractivity contribution < 1.29 is 49.9 Å². The third-order valence-electron chi connectivity index (χ3n) is 4.29.